The van der Waals surface area contributed by atoms with Gasteiger partial charge in [-0.3, -0.25) is 0 Å². The van der Waals surface area contributed by atoms with E-state index in [1.807, 2.05) is 0 Å². The lowest BCUT2D eigenvalue weighted by Crippen LogP contribution is -2.40. The third-order valence-corrected chi connectivity index (χ3v) is 3.99. The molecule has 0 aromatic carbocycles. The highest BCUT2D eigenvalue weighted by Crippen LogP contribution is 2.44. The van der Waals surface area contributed by atoms with Crippen LogP contribution in [0.5, 0.6) is 0 Å². The first-order valence-electron chi connectivity index (χ1n) is 6.62. The highest BCUT2D eigenvalue weighted by molar-refractivity contribution is 4.96. The first-order valence-corrected chi connectivity index (χ1v) is 6.62. The Morgan fingerprint density at radius 1 is 1.13 bits per heavy atom. The summed E-state index contributed by atoms with van der Waals surface area (Å²) >= 11 is 0. The molecule has 1 N–H and O–H groups in total. The maximum absolute atomic E-state index is 3.79. The Morgan fingerprint density at radius 3 is 2.07 bits per heavy atom. The lowest BCUT2D eigenvalue weighted by Gasteiger charge is -2.23. The van der Waals surface area contributed by atoms with Crippen molar-refractivity contribution in [2.45, 2.75) is 51.6 Å². The molecule has 0 radical (unpaired) electrons. The van der Waals surface area contributed by atoms with Crippen LogP contribution in [0.1, 0.15) is 39.5 Å². The summed E-state index contributed by atoms with van der Waals surface area (Å²) in [7, 11) is 2.22. The minimum atomic E-state index is 0.673. The number of hydrogen-bond acceptors (Lipinski definition) is 2. The van der Waals surface area contributed by atoms with Gasteiger partial charge in [0.2, 0.25) is 0 Å². The van der Waals surface area contributed by atoms with E-state index in [1.54, 1.807) is 0 Å². The standard InChI is InChI=1S/C13H26N2/c1-10(2)15(3)9-8-14-13(11-4-5-11)12-6-7-12/h10-14H,4-9H2,1-3H3. The molecule has 2 nitrogen and oxygen atoms in total. The molecule has 2 rings (SSSR count). The zero-order valence-corrected chi connectivity index (χ0v) is 10.5. The van der Waals surface area contributed by atoms with E-state index in [4.69, 9.17) is 0 Å². The van der Waals surface area contributed by atoms with Crippen LogP contribution in [0.25, 0.3) is 0 Å². The van der Waals surface area contributed by atoms with Crippen LogP contribution in [0.3, 0.4) is 0 Å². The zero-order chi connectivity index (χ0) is 10.8. The van der Waals surface area contributed by atoms with E-state index in [0.717, 1.165) is 17.9 Å². The Bertz CT molecular complexity index is 183. The van der Waals surface area contributed by atoms with Gasteiger partial charge in [-0.1, -0.05) is 0 Å². The van der Waals surface area contributed by atoms with E-state index in [-0.39, 0.29) is 0 Å². The Morgan fingerprint density at radius 2 is 1.67 bits per heavy atom. The monoisotopic (exact) mass is 210 g/mol. The lowest BCUT2D eigenvalue weighted by atomic mass is 10.1. The molecule has 88 valence electrons. The minimum absolute atomic E-state index is 0.673. The summed E-state index contributed by atoms with van der Waals surface area (Å²) in [6.45, 7) is 6.89. The molecule has 0 heterocycles. The summed E-state index contributed by atoms with van der Waals surface area (Å²) in [4.78, 5) is 2.42. The summed E-state index contributed by atoms with van der Waals surface area (Å²) in [6.07, 6.45) is 5.92. The third-order valence-electron chi connectivity index (χ3n) is 3.99. The third kappa shape index (κ3) is 3.46. The quantitative estimate of drug-likeness (QED) is 0.692. The van der Waals surface area contributed by atoms with Crippen molar-refractivity contribution in [3.8, 4) is 0 Å². The van der Waals surface area contributed by atoms with Crippen LogP contribution in [-0.4, -0.2) is 37.1 Å². The van der Waals surface area contributed by atoms with Gasteiger partial charge in [0.1, 0.15) is 0 Å². The second-order valence-electron chi connectivity index (χ2n) is 5.73. The van der Waals surface area contributed by atoms with Gasteiger partial charge in [-0.15, -0.1) is 0 Å². The Hall–Kier alpha value is -0.0800. The number of likely N-dealkylation sites (N-methyl/N-ethyl adjacent to an activating group) is 1. The molecule has 15 heavy (non-hydrogen) atoms. The van der Waals surface area contributed by atoms with Crippen LogP contribution in [0.4, 0.5) is 0 Å². The summed E-state index contributed by atoms with van der Waals surface area (Å²) in [6, 6.07) is 1.54. The molecule has 0 spiro atoms. The summed E-state index contributed by atoms with van der Waals surface area (Å²) in [5, 5.41) is 3.79. The SMILES string of the molecule is CC(C)N(C)CCNC(C1CC1)C1CC1. The predicted octanol–water partition coefficient (Wildman–Crippen LogP) is 2.10. The molecule has 0 bridgehead atoms. The average molecular weight is 210 g/mol. The van der Waals surface area contributed by atoms with Crippen LogP contribution in [0, 0.1) is 11.8 Å². The molecule has 0 aliphatic heterocycles. The smallest absolute Gasteiger partial charge is 0.0124 e. The molecule has 0 amide bonds. The summed E-state index contributed by atoms with van der Waals surface area (Å²) in [5.74, 6) is 2.06. The highest BCUT2D eigenvalue weighted by atomic mass is 15.1. The number of rotatable bonds is 7. The first kappa shape index (κ1) is 11.4. The van der Waals surface area contributed by atoms with Gasteiger partial charge in [0.25, 0.3) is 0 Å². The molecule has 2 fully saturated rings. The van der Waals surface area contributed by atoms with E-state index in [1.165, 1.54) is 38.8 Å². The maximum atomic E-state index is 3.79. The molecule has 2 aliphatic rings. The molecule has 2 saturated carbocycles. The topological polar surface area (TPSA) is 15.3 Å². The van der Waals surface area contributed by atoms with Gasteiger partial charge in [-0.05, 0) is 58.4 Å². The normalized spacial score (nSPS) is 22.0. The van der Waals surface area contributed by atoms with Gasteiger partial charge in [0, 0.05) is 25.2 Å². The largest absolute Gasteiger partial charge is 0.312 e. The summed E-state index contributed by atoms with van der Waals surface area (Å²) < 4.78 is 0. The average Bonchev–Trinajstić information content (AvgIpc) is 3.01. The van der Waals surface area contributed by atoms with Crippen molar-refractivity contribution >= 4 is 0 Å². The molecule has 0 saturated heterocycles. The molecular weight excluding hydrogens is 184 g/mol. The highest BCUT2D eigenvalue weighted by Gasteiger charge is 2.40. The fraction of sp³-hybridized carbons (Fsp3) is 1.00. The van der Waals surface area contributed by atoms with Crippen LogP contribution in [-0.2, 0) is 0 Å². The van der Waals surface area contributed by atoms with Gasteiger partial charge in [0.05, 0.1) is 0 Å². The van der Waals surface area contributed by atoms with E-state index in [9.17, 15) is 0 Å². The first-order chi connectivity index (χ1) is 7.18. The predicted molar refractivity (Wildman–Crippen MR) is 65.0 cm³/mol. The molecule has 0 aromatic rings. The second-order valence-corrected chi connectivity index (χ2v) is 5.73. The van der Waals surface area contributed by atoms with Gasteiger partial charge >= 0.3 is 0 Å². The molecule has 2 aliphatic carbocycles. The second kappa shape index (κ2) is 4.84. The van der Waals surface area contributed by atoms with E-state index < -0.39 is 0 Å². The van der Waals surface area contributed by atoms with Crippen LogP contribution in [0.2, 0.25) is 0 Å². The van der Waals surface area contributed by atoms with Crippen molar-refractivity contribution in [1.29, 1.82) is 0 Å². The van der Waals surface area contributed by atoms with Crippen molar-refractivity contribution in [1.82, 2.24) is 10.2 Å². The van der Waals surface area contributed by atoms with Gasteiger partial charge in [0.15, 0.2) is 0 Å². The number of nitrogens with zero attached hydrogens (tertiary/aromatic N) is 1. The Kier molecular flexibility index (Phi) is 3.68. The van der Waals surface area contributed by atoms with Crippen LogP contribution < -0.4 is 5.32 Å². The fourth-order valence-corrected chi connectivity index (χ4v) is 2.29. The van der Waals surface area contributed by atoms with Gasteiger partial charge in [-0.2, -0.15) is 0 Å². The number of hydrogen-bond donors (Lipinski definition) is 1. The van der Waals surface area contributed by atoms with E-state index >= 15 is 0 Å². The lowest BCUT2D eigenvalue weighted by molar-refractivity contribution is 0.263. The summed E-state index contributed by atoms with van der Waals surface area (Å²) in [5.41, 5.74) is 0. The van der Waals surface area contributed by atoms with Gasteiger partial charge < -0.3 is 10.2 Å². The molecular formula is C13H26N2. The van der Waals surface area contributed by atoms with Crippen molar-refractivity contribution in [2.75, 3.05) is 20.1 Å². The van der Waals surface area contributed by atoms with E-state index in [2.05, 4.69) is 31.1 Å². The Labute approximate surface area is 94.4 Å². The number of nitrogens with one attached hydrogen (secondary N) is 1. The molecule has 0 aromatic heterocycles. The van der Waals surface area contributed by atoms with Gasteiger partial charge in [-0.25, -0.2) is 0 Å². The van der Waals surface area contributed by atoms with Crippen molar-refractivity contribution in [3.63, 3.8) is 0 Å². The minimum Gasteiger partial charge on any atom is -0.312 e. The fourth-order valence-electron chi connectivity index (χ4n) is 2.29. The maximum Gasteiger partial charge on any atom is 0.0124 e. The van der Waals surface area contributed by atoms with Crippen LogP contribution in [0.15, 0.2) is 0 Å². The Balaban J connectivity index is 1.63. The van der Waals surface area contributed by atoms with Crippen molar-refractivity contribution in [3.05, 3.63) is 0 Å². The van der Waals surface area contributed by atoms with E-state index in [0.29, 0.717) is 6.04 Å². The molecule has 2 heteroatoms. The zero-order valence-electron chi connectivity index (χ0n) is 10.5. The van der Waals surface area contributed by atoms with Crippen molar-refractivity contribution in [2.24, 2.45) is 11.8 Å². The molecule has 0 unspecified atom stereocenters. The molecule has 0 atom stereocenters. The van der Waals surface area contributed by atoms with Crippen molar-refractivity contribution < 1.29 is 0 Å². The van der Waals surface area contributed by atoms with Crippen LogP contribution >= 0.6 is 0 Å².